The molecule has 1 unspecified atom stereocenters. The molecule has 1 aromatic heterocycles. The van der Waals surface area contributed by atoms with Gasteiger partial charge in [0.15, 0.2) is 0 Å². The third-order valence-corrected chi connectivity index (χ3v) is 3.05. The average molecular weight is 274 g/mol. The Hall–Kier alpha value is -1.56. The van der Waals surface area contributed by atoms with E-state index in [1.807, 2.05) is 0 Å². The summed E-state index contributed by atoms with van der Waals surface area (Å²) in [5.74, 6) is -0.699. The molecule has 2 heterocycles. The molecular formula is C11H16ClN3O3. The maximum absolute atomic E-state index is 11.0. The van der Waals surface area contributed by atoms with Crippen LogP contribution in [0.1, 0.15) is 29.4 Å². The van der Waals surface area contributed by atoms with Crippen molar-refractivity contribution in [1.29, 1.82) is 0 Å². The number of carbonyl (C=O) groups excluding carboxylic acids is 1. The van der Waals surface area contributed by atoms with Crippen LogP contribution in [0.4, 0.5) is 0 Å². The Morgan fingerprint density at radius 2 is 2.33 bits per heavy atom. The Labute approximate surface area is 111 Å². The maximum Gasteiger partial charge on any atom is 0.339 e. The van der Waals surface area contributed by atoms with Crippen LogP contribution in [-0.2, 0) is 17.8 Å². The Morgan fingerprint density at radius 3 is 2.94 bits per heavy atom. The van der Waals surface area contributed by atoms with Gasteiger partial charge in [-0.05, 0) is 18.8 Å². The number of hydrogen-bond acceptors (Lipinski definition) is 3. The van der Waals surface area contributed by atoms with Crippen LogP contribution < -0.4 is 5.32 Å². The molecule has 1 aromatic rings. The van der Waals surface area contributed by atoms with E-state index in [1.54, 1.807) is 4.68 Å². The highest BCUT2D eigenvalue weighted by Crippen LogP contribution is 2.22. The molecule has 6 nitrogen and oxygen atoms in total. The summed E-state index contributed by atoms with van der Waals surface area (Å²) < 4.78 is 1.74. The van der Waals surface area contributed by atoms with E-state index in [0.717, 1.165) is 12.1 Å². The van der Waals surface area contributed by atoms with Gasteiger partial charge in [-0.1, -0.05) is 0 Å². The fourth-order valence-corrected chi connectivity index (χ4v) is 2.14. The summed E-state index contributed by atoms with van der Waals surface area (Å²) in [6.07, 6.45) is 2.97. The fraction of sp³-hybridized carbons (Fsp3) is 0.545. The number of aryl methyl sites for hydroxylation is 1. The van der Waals surface area contributed by atoms with Crippen LogP contribution in [0.25, 0.3) is 0 Å². The van der Waals surface area contributed by atoms with Gasteiger partial charge in [-0.25, -0.2) is 4.79 Å². The number of carboxylic acid groups (broad SMARTS) is 1. The minimum atomic E-state index is -0.938. The fourth-order valence-electron chi connectivity index (χ4n) is 2.14. The Morgan fingerprint density at radius 1 is 1.61 bits per heavy atom. The number of aromatic nitrogens is 2. The Kier molecular flexibility index (Phi) is 4.72. The molecule has 0 saturated carbocycles. The number of fused-ring (bicyclic) bond motifs is 1. The van der Waals surface area contributed by atoms with Gasteiger partial charge in [0.2, 0.25) is 5.91 Å². The van der Waals surface area contributed by atoms with E-state index in [4.69, 9.17) is 5.11 Å². The average Bonchev–Trinajstić information content (AvgIpc) is 2.69. The van der Waals surface area contributed by atoms with Crippen LogP contribution >= 0.6 is 12.4 Å². The first-order valence-corrected chi connectivity index (χ1v) is 5.60. The molecule has 100 valence electrons. The predicted molar refractivity (Wildman–Crippen MR) is 66.9 cm³/mol. The predicted octanol–water partition coefficient (Wildman–Crippen LogP) is 0.702. The maximum atomic E-state index is 11.0. The molecule has 0 saturated heterocycles. The van der Waals surface area contributed by atoms with Gasteiger partial charge in [-0.2, -0.15) is 5.10 Å². The van der Waals surface area contributed by atoms with Gasteiger partial charge in [0, 0.05) is 20.0 Å². The highest BCUT2D eigenvalue weighted by Gasteiger charge is 2.24. The van der Waals surface area contributed by atoms with E-state index in [-0.39, 0.29) is 23.9 Å². The smallest absolute Gasteiger partial charge is 0.339 e. The Balaban J connectivity index is 0.00000162. The van der Waals surface area contributed by atoms with E-state index in [9.17, 15) is 9.59 Å². The molecule has 0 bridgehead atoms. The highest BCUT2D eigenvalue weighted by molar-refractivity contribution is 5.88. The first-order valence-electron chi connectivity index (χ1n) is 5.60. The highest BCUT2D eigenvalue weighted by atomic mass is 35.5. The van der Waals surface area contributed by atoms with Crippen LogP contribution in [0.2, 0.25) is 0 Å². The number of halogens is 1. The summed E-state index contributed by atoms with van der Waals surface area (Å²) in [5, 5.41) is 15.8. The van der Waals surface area contributed by atoms with Gasteiger partial charge in [-0.15, -0.1) is 12.4 Å². The third-order valence-electron chi connectivity index (χ3n) is 3.05. The lowest BCUT2D eigenvalue weighted by Gasteiger charge is -2.23. The molecule has 18 heavy (non-hydrogen) atoms. The summed E-state index contributed by atoms with van der Waals surface area (Å²) in [5.41, 5.74) is 1.04. The van der Waals surface area contributed by atoms with Crippen LogP contribution in [0.15, 0.2) is 6.20 Å². The number of nitrogens with one attached hydrogen (secondary N) is 1. The van der Waals surface area contributed by atoms with Gasteiger partial charge in [0.1, 0.15) is 5.56 Å². The topological polar surface area (TPSA) is 84.2 Å². The van der Waals surface area contributed by atoms with E-state index in [2.05, 4.69) is 10.4 Å². The van der Waals surface area contributed by atoms with Crippen molar-refractivity contribution in [1.82, 2.24) is 15.1 Å². The molecule has 0 aliphatic carbocycles. The monoisotopic (exact) mass is 273 g/mol. The third kappa shape index (κ3) is 3.01. The van der Waals surface area contributed by atoms with Crippen molar-refractivity contribution >= 4 is 24.3 Å². The van der Waals surface area contributed by atoms with E-state index in [1.165, 1.54) is 13.1 Å². The van der Waals surface area contributed by atoms with Crippen molar-refractivity contribution in [3.05, 3.63) is 17.5 Å². The van der Waals surface area contributed by atoms with Crippen molar-refractivity contribution in [2.45, 2.75) is 26.3 Å². The molecule has 1 aliphatic heterocycles. The van der Waals surface area contributed by atoms with Gasteiger partial charge in [0.25, 0.3) is 0 Å². The molecule has 1 aliphatic rings. The number of hydrogen-bond donors (Lipinski definition) is 2. The summed E-state index contributed by atoms with van der Waals surface area (Å²) in [4.78, 5) is 21.8. The summed E-state index contributed by atoms with van der Waals surface area (Å²) in [7, 11) is 0. The van der Waals surface area contributed by atoms with Gasteiger partial charge in [-0.3, -0.25) is 9.48 Å². The Bertz CT molecular complexity index is 458. The summed E-state index contributed by atoms with van der Waals surface area (Å²) >= 11 is 0. The standard InChI is InChI=1S/C11H15N3O3.ClH/c1-7(15)12-5-8-2-3-14-10(4-8)9(6-13-14)11(16)17;/h6,8H,2-5H2,1H3,(H,12,15)(H,16,17);1H. The van der Waals surface area contributed by atoms with E-state index >= 15 is 0 Å². The normalized spacial score (nSPS) is 17.5. The lowest BCUT2D eigenvalue weighted by Crippen LogP contribution is -2.32. The quantitative estimate of drug-likeness (QED) is 0.849. The van der Waals surface area contributed by atoms with Crippen LogP contribution in [0, 0.1) is 5.92 Å². The molecule has 0 radical (unpaired) electrons. The first kappa shape index (κ1) is 14.5. The second-order valence-electron chi connectivity index (χ2n) is 4.33. The van der Waals surface area contributed by atoms with Crippen molar-refractivity contribution in [3.8, 4) is 0 Å². The largest absolute Gasteiger partial charge is 0.478 e. The molecule has 0 spiro atoms. The first-order chi connectivity index (χ1) is 8.08. The van der Waals surface area contributed by atoms with Crippen molar-refractivity contribution < 1.29 is 14.7 Å². The SMILES string of the molecule is CC(=O)NCC1CCn2ncc(C(=O)O)c2C1.Cl. The zero-order valence-corrected chi connectivity index (χ0v) is 10.9. The molecule has 2 rings (SSSR count). The number of rotatable bonds is 3. The number of carbonyl (C=O) groups is 2. The van der Waals surface area contributed by atoms with Crippen molar-refractivity contribution in [2.24, 2.45) is 5.92 Å². The number of amides is 1. The lowest BCUT2D eigenvalue weighted by molar-refractivity contribution is -0.119. The van der Waals surface area contributed by atoms with Crippen LogP contribution in [0.3, 0.4) is 0 Å². The molecule has 1 atom stereocenters. The van der Waals surface area contributed by atoms with E-state index in [0.29, 0.717) is 25.4 Å². The lowest BCUT2D eigenvalue weighted by atomic mass is 9.94. The van der Waals surface area contributed by atoms with Gasteiger partial charge in [0.05, 0.1) is 11.9 Å². The molecular weight excluding hydrogens is 258 g/mol. The second kappa shape index (κ2) is 5.86. The minimum absolute atomic E-state index is 0. The van der Waals surface area contributed by atoms with Gasteiger partial charge >= 0.3 is 5.97 Å². The molecule has 1 amide bonds. The summed E-state index contributed by atoms with van der Waals surface area (Å²) in [6, 6.07) is 0. The zero-order chi connectivity index (χ0) is 12.4. The molecule has 0 aromatic carbocycles. The molecule has 0 fully saturated rings. The number of carboxylic acids is 1. The van der Waals surface area contributed by atoms with Crippen LogP contribution in [-0.4, -0.2) is 33.3 Å². The number of aromatic carboxylic acids is 1. The van der Waals surface area contributed by atoms with Crippen molar-refractivity contribution in [2.75, 3.05) is 6.54 Å². The minimum Gasteiger partial charge on any atom is -0.478 e. The van der Waals surface area contributed by atoms with E-state index < -0.39 is 5.97 Å². The molecule has 7 heteroatoms. The zero-order valence-electron chi connectivity index (χ0n) is 10.0. The van der Waals surface area contributed by atoms with Crippen molar-refractivity contribution in [3.63, 3.8) is 0 Å². The van der Waals surface area contributed by atoms with Gasteiger partial charge < -0.3 is 10.4 Å². The molecule has 2 N–H and O–H groups in total. The van der Waals surface area contributed by atoms with Crippen LogP contribution in [0.5, 0.6) is 0 Å². The summed E-state index contributed by atoms with van der Waals surface area (Å²) in [6.45, 7) is 2.79. The second-order valence-corrected chi connectivity index (χ2v) is 4.33. The number of nitrogens with zero attached hydrogens (tertiary/aromatic N) is 2.